The first-order valence-electron chi connectivity index (χ1n) is 11.9. The van der Waals surface area contributed by atoms with Crippen molar-refractivity contribution in [3.63, 3.8) is 0 Å². The number of hydrogen-bond donors (Lipinski definition) is 1. The summed E-state index contributed by atoms with van der Waals surface area (Å²) in [5.41, 5.74) is -0.243. The lowest BCUT2D eigenvalue weighted by molar-refractivity contribution is -0.133. The number of unbranched alkanes of at least 4 members (excludes halogenated alkanes) is 9. The Morgan fingerprint density at radius 3 is 1.89 bits per heavy atom. The van der Waals surface area contributed by atoms with Crippen molar-refractivity contribution in [2.24, 2.45) is 11.3 Å². The van der Waals surface area contributed by atoms with Crippen molar-refractivity contribution in [2.45, 2.75) is 118 Å². The Kier molecular flexibility index (Phi) is 12.3. The zero-order valence-electron chi connectivity index (χ0n) is 19.1. The van der Waals surface area contributed by atoms with Crippen LogP contribution in [0.25, 0.3) is 0 Å². The second-order valence-corrected chi connectivity index (χ2v) is 9.65. The van der Waals surface area contributed by atoms with Crippen LogP contribution >= 0.6 is 0 Å². The van der Waals surface area contributed by atoms with Crippen molar-refractivity contribution in [1.82, 2.24) is 10.2 Å². The molecule has 0 aliphatic carbocycles. The summed E-state index contributed by atoms with van der Waals surface area (Å²) >= 11 is 0. The summed E-state index contributed by atoms with van der Waals surface area (Å²) in [5, 5.41) is 3.11. The summed E-state index contributed by atoms with van der Waals surface area (Å²) < 4.78 is 0. The fourth-order valence-electron chi connectivity index (χ4n) is 4.33. The predicted octanol–water partition coefficient (Wildman–Crippen LogP) is 6.17. The van der Waals surface area contributed by atoms with Crippen LogP contribution in [0.15, 0.2) is 0 Å². The van der Waals surface area contributed by atoms with Crippen molar-refractivity contribution in [1.29, 1.82) is 0 Å². The van der Waals surface area contributed by atoms with Crippen LogP contribution in [0.4, 0.5) is 0 Å². The summed E-state index contributed by atoms with van der Waals surface area (Å²) in [6.07, 6.45) is 16.4. The van der Waals surface area contributed by atoms with Gasteiger partial charge in [-0.3, -0.25) is 4.79 Å². The third kappa shape index (κ3) is 9.96. The van der Waals surface area contributed by atoms with Crippen LogP contribution in [-0.2, 0) is 4.79 Å². The Morgan fingerprint density at radius 2 is 1.41 bits per heavy atom. The van der Waals surface area contributed by atoms with Crippen LogP contribution in [0.3, 0.4) is 0 Å². The maximum Gasteiger partial charge on any atom is 0.226 e. The van der Waals surface area contributed by atoms with Crippen molar-refractivity contribution < 1.29 is 4.79 Å². The van der Waals surface area contributed by atoms with Gasteiger partial charge in [0, 0.05) is 11.5 Å². The highest BCUT2D eigenvalue weighted by Gasteiger charge is 2.38. The summed E-state index contributed by atoms with van der Waals surface area (Å²) in [5.74, 6) is 0.742. The molecule has 1 aliphatic heterocycles. The number of nitrogens with zero attached hydrogens (tertiary/aromatic N) is 1. The van der Waals surface area contributed by atoms with Gasteiger partial charge < -0.3 is 10.2 Å². The third-order valence-electron chi connectivity index (χ3n) is 6.44. The van der Waals surface area contributed by atoms with E-state index in [9.17, 15) is 4.79 Å². The first-order valence-corrected chi connectivity index (χ1v) is 11.9. The van der Waals surface area contributed by atoms with E-state index in [-0.39, 0.29) is 17.4 Å². The van der Waals surface area contributed by atoms with Gasteiger partial charge in [0.15, 0.2) is 0 Å². The van der Waals surface area contributed by atoms with Gasteiger partial charge in [-0.25, -0.2) is 0 Å². The number of likely N-dealkylation sites (tertiary alicyclic amines) is 1. The van der Waals surface area contributed by atoms with Gasteiger partial charge in [0.1, 0.15) is 0 Å². The lowest BCUT2D eigenvalue weighted by atomic mass is 9.73. The molecule has 0 unspecified atom stereocenters. The first kappa shape index (κ1) is 24.5. The molecule has 0 spiro atoms. The third-order valence-corrected chi connectivity index (χ3v) is 6.44. The molecule has 0 atom stereocenters. The number of nitrogens with one attached hydrogen (secondary N) is 1. The Balaban J connectivity index is 2.08. The second-order valence-electron chi connectivity index (χ2n) is 9.65. The molecule has 1 heterocycles. The van der Waals surface area contributed by atoms with Crippen LogP contribution in [-0.4, -0.2) is 36.5 Å². The van der Waals surface area contributed by atoms with Gasteiger partial charge in [-0.2, -0.15) is 0 Å². The normalized spacial score (nSPS) is 16.8. The van der Waals surface area contributed by atoms with E-state index < -0.39 is 0 Å². The molecule has 0 saturated carbocycles. The quantitative estimate of drug-likeness (QED) is 0.365. The monoisotopic (exact) mass is 380 g/mol. The van der Waals surface area contributed by atoms with Gasteiger partial charge in [0.25, 0.3) is 0 Å². The highest BCUT2D eigenvalue weighted by molar-refractivity contribution is 5.82. The summed E-state index contributed by atoms with van der Waals surface area (Å²) in [6.45, 7) is 14.2. The maximum absolute atomic E-state index is 12.5. The summed E-state index contributed by atoms with van der Waals surface area (Å²) in [7, 11) is 0. The molecule has 160 valence electrons. The molecule has 1 N–H and O–H groups in total. The highest BCUT2D eigenvalue weighted by Crippen LogP contribution is 2.35. The van der Waals surface area contributed by atoms with E-state index in [2.05, 4.69) is 31.0 Å². The topological polar surface area (TPSA) is 32.3 Å². The second kappa shape index (κ2) is 13.6. The van der Waals surface area contributed by atoms with Gasteiger partial charge in [-0.15, -0.1) is 0 Å². The van der Waals surface area contributed by atoms with Gasteiger partial charge in [0.05, 0.1) is 0 Å². The SMILES string of the molecule is CCCCCCCCCCCCN1CCC(C(C)(C)C(=O)NC(C)C)CC1. The van der Waals surface area contributed by atoms with Crippen molar-refractivity contribution in [2.75, 3.05) is 19.6 Å². The Labute approximate surface area is 170 Å². The van der Waals surface area contributed by atoms with Crippen LogP contribution in [0.5, 0.6) is 0 Å². The minimum absolute atomic E-state index is 0.227. The van der Waals surface area contributed by atoms with Crippen molar-refractivity contribution in [3.8, 4) is 0 Å². The molecule has 0 aromatic carbocycles. The zero-order valence-corrected chi connectivity index (χ0v) is 19.1. The Bertz CT molecular complexity index is 384. The average Bonchev–Trinajstić information content (AvgIpc) is 2.63. The molecule has 27 heavy (non-hydrogen) atoms. The molecule has 1 rings (SSSR count). The Morgan fingerprint density at radius 1 is 0.926 bits per heavy atom. The molecular formula is C24H48N2O. The van der Waals surface area contributed by atoms with Crippen LogP contribution in [0.1, 0.15) is 112 Å². The standard InChI is InChI=1S/C24H48N2O/c1-6-7-8-9-10-11-12-13-14-15-18-26-19-16-22(17-20-26)24(4,5)23(27)25-21(2)3/h21-22H,6-20H2,1-5H3,(H,25,27). The van der Waals surface area contributed by atoms with E-state index in [0.29, 0.717) is 5.92 Å². The van der Waals surface area contributed by atoms with Crippen LogP contribution < -0.4 is 5.32 Å². The summed E-state index contributed by atoms with van der Waals surface area (Å²) in [4.78, 5) is 15.1. The van der Waals surface area contributed by atoms with Crippen molar-refractivity contribution >= 4 is 5.91 Å². The average molecular weight is 381 g/mol. The molecule has 0 aromatic rings. The van der Waals surface area contributed by atoms with Crippen LogP contribution in [0, 0.1) is 11.3 Å². The lowest BCUT2D eigenvalue weighted by Gasteiger charge is -2.40. The van der Waals surface area contributed by atoms with Gasteiger partial charge in [-0.1, -0.05) is 78.6 Å². The maximum atomic E-state index is 12.5. The molecule has 1 amide bonds. The molecule has 0 aromatic heterocycles. The van der Waals surface area contributed by atoms with Gasteiger partial charge in [-0.05, 0) is 58.7 Å². The number of amides is 1. The number of rotatable bonds is 14. The van der Waals surface area contributed by atoms with Gasteiger partial charge in [0.2, 0.25) is 5.91 Å². The van der Waals surface area contributed by atoms with E-state index in [1.54, 1.807) is 0 Å². The fraction of sp³-hybridized carbons (Fsp3) is 0.958. The molecule has 3 nitrogen and oxygen atoms in total. The molecule has 1 fully saturated rings. The van der Waals surface area contributed by atoms with Crippen molar-refractivity contribution in [3.05, 3.63) is 0 Å². The van der Waals surface area contributed by atoms with E-state index in [0.717, 1.165) is 12.8 Å². The molecule has 0 radical (unpaired) electrons. The number of piperidine rings is 1. The molecule has 1 aliphatic rings. The molecule has 0 bridgehead atoms. The van der Waals surface area contributed by atoms with E-state index >= 15 is 0 Å². The molecular weight excluding hydrogens is 332 g/mol. The fourth-order valence-corrected chi connectivity index (χ4v) is 4.33. The Hall–Kier alpha value is -0.570. The largest absolute Gasteiger partial charge is 0.353 e. The highest BCUT2D eigenvalue weighted by atomic mass is 16.2. The number of carbonyl (C=O) groups is 1. The molecule has 1 saturated heterocycles. The minimum Gasteiger partial charge on any atom is -0.353 e. The van der Waals surface area contributed by atoms with E-state index in [4.69, 9.17) is 0 Å². The summed E-state index contributed by atoms with van der Waals surface area (Å²) in [6, 6.07) is 0.230. The number of hydrogen-bond acceptors (Lipinski definition) is 2. The predicted molar refractivity (Wildman–Crippen MR) is 118 cm³/mol. The van der Waals surface area contributed by atoms with Gasteiger partial charge >= 0.3 is 0 Å². The lowest BCUT2D eigenvalue weighted by Crippen LogP contribution is -2.48. The number of carbonyl (C=O) groups excluding carboxylic acids is 1. The van der Waals surface area contributed by atoms with E-state index in [1.807, 2.05) is 13.8 Å². The smallest absolute Gasteiger partial charge is 0.226 e. The zero-order chi connectivity index (χ0) is 20.1. The van der Waals surface area contributed by atoms with Crippen LogP contribution in [0.2, 0.25) is 0 Å². The minimum atomic E-state index is -0.243. The molecule has 3 heteroatoms. The first-order chi connectivity index (χ1) is 12.9. The van der Waals surface area contributed by atoms with E-state index in [1.165, 1.54) is 83.8 Å².